The third-order valence-corrected chi connectivity index (χ3v) is 2.89. The number of nitrogens with one attached hydrogen (secondary N) is 1. The van der Waals surface area contributed by atoms with E-state index in [1.165, 1.54) is 0 Å². The topological polar surface area (TPSA) is 78.9 Å². The number of rotatable bonds is 6. The number of amides is 1. The third-order valence-electron chi connectivity index (χ3n) is 2.89. The molecule has 0 saturated heterocycles. The lowest BCUT2D eigenvalue weighted by atomic mass is 9.94. The summed E-state index contributed by atoms with van der Waals surface area (Å²) in [5, 5.41) is 11.6. The molecular formula is C15H21N3O. The van der Waals surface area contributed by atoms with Crippen molar-refractivity contribution in [2.75, 3.05) is 11.9 Å². The summed E-state index contributed by atoms with van der Waals surface area (Å²) < 4.78 is 0. The van der Waals surface area contributed by atoms with Crippen molar-refractivity contribution in [1.29, 1.82) is 5.26 Å². The minimum Gasteiger partial charge on any atom is -0.330 e. The van der Waals surface area contributed by atoms with Crippen LogP contribution < -0.4 is 11.1 Å². The van der Waals surface area contributed by atoms with Crippen molar-refractivity contribution in [3.05, 3.63) is 29.8 Å². The summed E-state index contributed by atoms with van der Waals surface area (Å²) in [6, 6.07) is 8.95. The first kappa shape index (κ1) is 15.2. The Kier molecular flexibility index (Phi) is 6.04. The van der Waals surface area contributed by atoms with Crippen LogP contribution in [0.1, 0.15) is 32.3 Å². The van der Waals surface area contributed by atoms with E-state index >= 15 is 0 Å². The van der Waals surface area contributed by atoms with Gasteiger partial charge in [0.05, 0.1) is 11.6 Å². The van der Waals surface area contributed by atoms with E-state index in [9.17, 15) is 4.79 Å². The van der Waals surface area contributed by atoms with Crippen molar-refractivity contribution < 1.29 is 4.79 Å². The molecule has 0 fully saturated rings. The smallest absolute Gasteiger partial charge is 0.224 e. The van der Waals surface area contributed by atoms with Gasteiger partial charge in [0.2, 0.25) is 5.91 Å². The molecule has 1 aromatic carbocycles. The fraction of sp³-hybridized carbons (Fsp3) is 0.467. The Morgan fingerprint density at radius 3 is 2.79 bits per heavy atom. The van der Waals surface area contributed by atoms with Crippen molar-refractivity contribution in [3.8, 4) is 6.07 Å². The lowest BCUT2D eigenvalue weighted by Crippen LogP contribution is -2.23. The van der Waals surface area contributed by atoms with E-state index in [0.29, 0.717) is 30.1 Å². The quantitative estimate of drug-likeness (QED) is 0.823. The van der Waals surface area contributed by atoms with Crippen LogP contribution >= 0.6 is 0 Å². The van der Waals surface area contributed by atoms with Crippen LogP contribution in [-0.2, 0) is 4.79 Å². The first-order valence-electron chi connectivity index (χ1n) is 6.55. The van der Waals surface area contributed by atoms with Gasteiger partial charge in [-0.25, -0.2) is 0 Å². The van der Waals surface area contributed by atoms with E-state index in [2.05, 4.69) is 19.2 Å². The molecule has 19 heavy (non-hydrogen) atoms. The van der Waals surface area contributed by atoms with Gasteiger partial charge >= 0.3 is 0 Å². The summed E-state index contributed by atoms with van der Waals surface area (Å²) in [7, 11) is 0. The molecule has 0 spiro atoms. The number of nitrogens with two attached hydrogens (primary N) is 1. The van der Waals surface area contributed by atoms with Crippen LogP contribution in [0.15, 0.2) is 24.3 Å². The van der Waals surface area contributed by atoms with Gasteiger partial charge < -0.3 is 11.1 Å². The van der Waals surface area contributed by atoms with Crippen LogP contribution in [-0.4, -0.2) is 12.5 Å². The van der Waals surface area contributed by atoms with Crippen molar-refractivity contribution >= 4 is 11.6 Å². The number of carbonyl (C=O) groups excluding carboxylic acids is 1. The molecule has 1 rings (SSSR count). The second-order valence-corrected chi connectivity index (χ2v) is 5.18. The lowest BCUT2D eigenvalue weighted by Gasteiger charge is -2.16. The highest BCUT2D eigenvalue weighted by Gasteiger charge is 2.14. The molecule has 0 radical (unpaired) electrons. The Balaban J connectivity index is 2.56. The monoisotopic (exact) mass is 259 g/mol. The van der Waals surface area contributed by atoms with Gasteiger partial charge in [0.25, 0.3) is 0 Å². The molecule has 102 valence electrons. The Hall–Kier alpha value is -1.86. The normalized spacial score (nSPS) is 11.9. The van der Waals surface area contributed by atoms with Crippen LogP contribution in [0.2, 0.25) is 0 Å². The largest absolute Gasteiger partial charge is 0.330 e. The van der Waals surface area contributed by atoms with Crippen LogP contribution in [0.25, 0.3) is 0 Å². The summed E-state index contributed by atoms with van der Waals surface area (Å²) in [6.07, 6.45) is 1.37. The maximum Gasteiger partial charge on any atom is 0.224 e. The van der Waals surface area contributed by atoms with Crippen LogP contribution in [0.3, 0.4) is 0 Å². The predicted octanol–water partition coefficient (Wildman–Crippen LogP) is 2.51. The minimum absolute atomic E-state index is 0.0498. The summed E-state index contributed by atoms with van der Waals surface area (Å²) in [5.41, 5.74) is 6.88. The zero-order valence-corrected chi connectivity index (χ0v) is 11.5. The number of nitriles is 1. The summed E-state index contributed by atoms with van der Waals surface area (Å²) >= 11 is 0. The van der Waals surface area contributed by atoms with Gasteiger partial charge in [-0.15, -0.1) is 0 Å². The fourth-order valence-electron chi connectivity index (χ4n) is 2.07. The second kappa shape index (κ2) is 7.55. The van der Waals surface area contributed by atoms with E-state index in [1.54, 1.807) is 24.3 Å². The van der Waals surface area contributed by atoms with Crippen LogP contribution in [0.5, 0.6) is 0 Å². The molecule has 1 amide bonds. The maximum absolute atomic E-state index is 11.9. The lowest BCUT2D eigenvalue weighted by molar-refractivity contribution is -0.117. The molecule has 0 aromatic heterocycles. The maximum atomic E-state index is 11.9. The van der Waals surface area contributed by atoms with Gasteiger partial charge in [-0.05, 0) is 43.0 Å². The van der Waals surface area contributed by atoms with Crippen molar-refractivity contribution in [2.45, 2.75) is 26.7 Å². The van der Waals surface area contributed by atoms with Crippen molar-refractivity contribution in [3.63, 3.8) is 0 Å². The number of carbonyl (C=O) groups is 1. The molecule has 0 heterocycles. The molecule has 0 saturated carbocycles. The molecule has 4 nitrogen and oxygen atoms in total. The zero-order chi connectivity index (χ0) is 14.3. The number of anilines is 1. The number of hydrogen-bond donors (Lipinski definition) is 2. The van der Waals surface area contributed by atoms with E-state index in [1.807, 2.05) is 6.07 Å². The van der Waals surface area contributed by atoms with Crippen LogP contribution in [0.4, 0.5) is 5.69 Å². The molecule has 0 aliphatic carbocycles. The van der Waals surface area contributed by atoms with Crippen molar-refractivity contribution in [2.24, 2.45) is 17.6 Å². The van der Waals surface area contributed by atoms with Gasteiger partial charge in [-0.3, -0.25) is 4.79 Å². The van der Waals surface area contributed by atoms with E-state index in [-0.39, 0.29) is 11.8 Å². The molecule has 4 heteroatoms. The molecule has 0 unspecified atom stereocenters. The molecular weight excluding hydrogens is 238 g/mol. The third kappa shape index (κ3) is 5.54. The zero-order valence-electron chi connectivity index (χ0n) is 11.5. The Bertz CT molecular complexity index is 463. The van der Waals surface area contributed by atoms with Gasteiger partial charge in [0, 0.05) is 12.1 Å². The first-order chi connectivity index (χ1) is 9.05. The fourth-order valence-corrected chi connectivity index (χ4v) is 2.07. The standard InChI is InChI=1S/C15H21N3O/c1-11(2)6-13(10-17)8-15(19)18-14-5-3-4-12(7-14)9-16/h3-5,7,11,13H,6,8,10,17H2,1-2H3,(H,18,19)/t13-/m0/s1. The second-order valence-electron chi connectivity index (χ2n) is 5.18. The molecule has 3 N–H and O–H groups in total. The first-order valence-corrected chi connectivity index (χ1v) is 6.55. The average Bonchev–Trinajstić information content (AvgIpc) is 2.37. The summed E-state index contributed by atoms with van der Waals surface area (Å²) in [4.78, 5) is 11.9. The number of nitrogens with zero attached hydrogens (tertiary/aromatic N) is 1. The molecule has 1 atom stereocenters. The molecule has 0 aliphatic heterocycles. The highest BCUT2D eigenvalue weighted by Crippen LogP contribution is 2.16. The number of hydrogen-bond acceptors (Lipinski definition) is 3. The summed E-state index contributed by atoms with van der Waals surface area (Å²) in [5.74, 6) is 0.689. The van der Waals surface area contributed by atoms with E-state index in [0.717, 1.165) is 6.42 Å². The van der Waals surface area contributed by atoms with E-state index < -0.39 is 0 Å². The molecule has 1 aromatic rings. The van der Waals surface area contributed by atoms with Gasteiger partial charge in [0.1, 0.15) is 0 Å². The van der Waals surface area contributed by atoms with E-state index in [4.69, 9.17) is 11.0 Å². The SMILES string of the molecule is CC(C)C[C@H](CN)CC(=O)Nc1cccc(C#N)c1. The highest BCUT2D eigenvalue weighted by molar-refractivity contribution is 5.91. The van der Waals surface area contributed by atoms with Crippen LogP contribution in [0, 0.1) is 23.2 Å². The highest BCUT2D eigenvalue weighted by atomic mass is 16.1. The molecule has 0 aliphatic rings. The van der Waals surface area contributed by atoms with Gasteiger partial charge in [-0.2, -0.15) is 5.26 Å². The van der Waals surface area contributed by atoms with Gasteiger partial charge in [-0.1, -0.05) is 19.9 Å². The van der Waals surface area contributed by atoms with Crippen molar-refractivity contribution in [1.82, 2.24) is 0 Å². The Labute approximate surface area is 114 Å². The number of benzene rings is 1. The average molecular weight is 259 g/mol. The van der Waals surface area contributed by atoms with Gasteiger partial charge in [0.15, 0.2) is 0 Å². The summed E-state index contributed by atoms with van der Waals surface area (Å²) in [6.45, 7) is 4.76. The molecule has 0 bridgehead atoms. The minimum atomic E-state index is -0.0498. The Morgan fingerprint density at radius 2 is 2.21 bits per heavy atom. The Morgan fingerprint density at radius 1 is 1.47 bits per heavy atom. The predicted molar refractivity (Wildman–Crippen MR) is 76.4 cm³/mol.